The molecule has 0 aliphatic carbocycles. The van der Waals surface area contributed by atoms with Crippen LogP contribution in [0.25, 0.3) is 0 Å². The van der Waals surface area contributed by atoms with Crippen LogP contribution >= 0.6 is 11.8 Å². The minimum absolute atomic E-state index is 0.231. The topological polar surface area (TPSA) is 29.1 Å². The van der Waals surface area contributed by atoms with E-state index in [2.05, 4.69) is 11.4 Å². The molecule has 1 aliphatic heterocycles. The van der Waals surface area contributed by atoms with Gasteiger partial charge in [-0.25, -0.2) is 0 Å². The highest BCUT2D eigenvalue weighted by Crippen LogP contribution is 2.39. The van der Waals surface area contributed by atoms with E-state index >= 15 is 0 Å². The Hall–Kier alpha value is -0.960. The predicted octanol–water partition coefficient (Wildman–Crippen LogP) is 2.51. The van der Waals surface area contributed by atoms with Gasteiger partial charge in [0.1, 0.15) is 5.78 Å². The van der Waals surface area contributed by atoms with Crippen molar-refractivity contribution in [3.8, 4) is 0 Å². The van der Waals surface area contributed by atoms with Crippen LogP contribution in [0.15, 0.2) is 29.2 Å². The van der Waals surface area contributed by atoms with Crippen LogP contribution in [0.1, 0.15) is 13.3 Å². The number of hydrogen-bond donors (Lipinski definition) is 1. The van der Waals surface area contributed by atoms with E-state index < -0.39 is 0 Å². The number of fused-ring (bicyclic) bond motifs is 1. The number of thioether (sulfide) groups is 1. The molecule has 68 valence electrons. The zero-order chi connectivity index (χ0) is 9.26. The molecule has 13 heavy (non-hydrogen) atoms. The van der Waals surface area contributed by atoms with Crippen molar-refractivity contribution in [2.45, 2.75) is 23.6 Å². The first kappa shape index (κ1) is 8.63. The highest BCUT2D eigenvalue weighted by molar-refractivity contribution is 8.00. The van der Waals surface area contributed by atoms with E-state index in [-0.39, 0.29) is 11.2 Å². The third-order valence-corrected chi connectivity index (χ3v) is 3.12. The quantitative estimate of drug-likeness (QED) is 0.782. The Morgan fingerprint density at radius 2 is 2.31 bits per heavy atom. The molecular formula is C10H11NOS. The van der Waals surface area contributed by atoms with Crippen molar-refractivity contribution in [3.63, 3.8) is 0 Å². The van der Waals surface area contributed by atoms with Gasteiger partial charge in [-0.15, -0.1) is 0 Å². The smallest absolute Gasteiger partial charge is 0.132 e. The Bertz CT molecular complexity index is 312. The normalized spacial score (nSPS) is 19.3. The van der Waals surface area contributed by atoms with Gasteiger partial charge in [0.2, 0.25) is 0 Å². The zero-order valence-corrected chi connectivity index (χ0v) is 8.23. The molecule has 0 spiro atoms. The Balaban J connectivity index is 2.09. The number of rotatable bonds is 2. The number of nitrogens with one attached hydrogen (secondary N) is 1. The van der Waals surface area contributed by atoms with Crippen molar-refractivity contribution < 1.29 is 4.79 Å². The molecule has 1 atom stereocenters. The van der Waals surface area contributed by atoms with E-state index in [4.69, 9.17) is 0 Å². The molecule has 0 saturated carbocycles. The van der Waals surface area contributed by atoms with E-state index in [1.54, 1.807) is 18.7 Å². The van der Waals surface area contributed by atoms with Gasteiger partial charge in [0, 0.05) is 17.0 Å². The third kappa shape index (κ3) is 1.86. The van der Waals surface area contributed by atoms with Gasteiger partial charge in [-0.05, 0) is 19.1 Å². The van der Waals surface area contributed by atoms with Gasteiger partial charge in [-0.2, -0.15) is 0 Å². The maximum atomic E-state index is 10.9. The molecule has 0 saturated heterocycles. The van der Waals surface area contributed by atoms with Crippen LogP contribution in [0.3, 0.4) is 0 Å². The number of carbonyl (C=O) groups is 1. The molecular weight excluding hydrogens is 182 g/mol. The van der Waals surface area contributed by atoms with Crippen LogP contribution in [0.5, 0.6) is 0 Å². The lowest BCUT2D eigenvalue weighted by Crippen LogP contribution is -2.13. The Kier molecular flexibility index (Phi) is 2.27. The van der Waals surface area contributed by atoms with Crippen molar-refractivity contribution in [2.75, 3.05) is 5.32 Å². The molecule has 1 aliphatic rings. The summed E-state index contributed by atoms with van der Waals surface area (Å²) in [4.78, 5) is 12.1. The molecule has 3 heteroatoms. The van der Waals surface area contributed by atoms with Crippen LogP contribution in [0, 0.1) is 0 Å². The minimum atomic E-state index is 0.231. The van der Waals surface area contributed by atoms with Crippen molar-refractivity contribution in [3.05, 3.63) is 24.3 Å². The monoisotopic (exact) mass is 193 g/mol. The lowest BCUT2D eigenvalue weighted by atomic mass is 10.3. The van der Waals surface area contributed by atoms with Gasteiger partial charge in [-0.3, -0.25) is 4.79 Å². The molecule has 0 amide bonds. The van der Waals surface area contributed by atoms with Crippen LogP contribution < -0.4 is 5.32 Å². The fourth-order valence-electron chi connectivity index (χ4n) is 1.40. The van der Waals surface area contributed by atoms with Crippen molar-refractivity contribution in [2.24, 2.45) is 0 Å². The lowest BCUT2D eigenvalue weighted by molar-refractivity contribution is -0.116. The van der Waals surface area contributed by atoms with E-state index in [0.29, 0.717) is 6.42 Å². The Morgan fingerprint density at radius 1 is 1.54 bits per heavy atom. The summed E-state index contributed by atoms with van der Waals surface area (Å²) in [6.07, 6.45) is 0.597. The highest BCUT2D eigenvalue weighted by atomic mass is 32.2. The molecule has 1 heterocycles. The number of ketones is 1. The lowest BCUT2D eigenvalue weighted by Gasteiger charge is -2.06. The number of benzene rings is 1. The van der Waals surface area contributed by atoms with Crippen LogP contribution in [-0.2, 0) is 4.79 Å². The largest absolute Gasteiger partial charge is 0.372 e. The molecule has 2 nitrogen and oxygen atoms in total. The van der Waals surface area contributed by atoms with Crippen molar-refractivity contribution in [1.82, 2.24) is 0 Å². The fraction of sp³-hybridized carbons (Fsp3) is 0.300. The first-order valence-electron chi connectivity index (χ1n) is 4.27. The SMILES string of the molecule is CC(=O)CC1Nc2ccccc2S1. The van der Waals surface area contributed by atoms with Crippen LogP contribution in [-0.4, -0.2) is 11.2 Å². The summed E-state index contributed by atoms with van der Waals surface area (Å²) in [5.41, 5.74) is 1.15. The number of hydrogen-bond acceptors (Lipinski definition) is 3. The van der Waals surface area contributed by atoms with E-state index in [0.717, 1.165) is 5.69 Å². The average Bonchev–Trinajstić information content (AvgIpc) is 2.44. The van der Waals surface area contributed by atoms with E-state index in [1.807, 2.05) is 18.2 Å². The summed E-state index contributed by atoms with van der Waals surface area (Å²) in [7, 11) is 0. The average molecular weight is 193 g/mol. The van der Waals surface area contributed by atoms with Gasteiger partial charge >= 0.3 is 0 Å². The highest BCUT2D eigenvalue weighted by Gasteiger charge is 2.21. The third-order valence-electron chi connectivity index (χ3n) is 1.95. The summed E-state index contributed by atoms with van der Waals surface area (Å²) < 4.78 is 0. The molecule has 1 N–H and O–H groups in total. The summed E-state index contributed by atoms with van der Waals surface area (Å²) in [5.74, 6) is 0.234. The Morgan fingerprint density at radius 3 is 3.00 bits per heavy atom. The molecule has 1 aromatic carbocycles. The molecule has 0 aromatic heterocycles. The molecule has 0 fully saturated rings. The number of para-hydroxylation sites is 1. The molecule has 0 bridgehead atoms. The molecule has 2 rings (SSSR count). The van der Waals surface area contributed by atoms with Crippen LogP contribution in [0.2, 0.25) is 0 Å². The summed E-state index contributed by atoms with van der Waals surface area (Å²) in [5, 5.41) is 3.54. The summed E-state index contributed by atoms with van der Waals surface area (Å²) in [6, 6.07) is 8.14. The minimum Gasteiger partial charge on any atom is -0.372 e. The van der Waals surface area contributed by atoms with Gasteiger partial charge in [0.15, 0.2) is 0 Å². The van der Waals surface area contributed by atoms with Gasteiger partial charge in [-0.1, -0.05) is 23.9 Å². The van der Waals surface area contributed by atoms with Gasteiger partial charge in [0.05, 0.1) is 5.37 Å². The fourth-order valence-corrected chi connectivity index (χ4v) is 2.62. The standard InChI is InChI=1S/C10H11NOS/c1-7(12)6-10-11-8-4-2-3-5-9(8)13-10/h2-5,10-11H,6H2,1H3. The maximum absolute atomic E-state index is 10.9. The summed E-state index contributed by atoms with van der Waals surface area (Å²) in [6.45, 7) is 1.63. The number of carbonyl (C=O) groups excluding carboxylic acids is 1. The van der Waals surface area contributed by atoms with Gasteiger partial charge in [0.25, 0.3) is 0 Å². The second-order valence-corrected chi connectivity index (χ2v) is 4.40. The van der Waals surface area contributed by atoms with E-state index in [9.17, 15) is 4.79 Å². The van der Waals surface area contributed by atoms with Crippen LogP contribution in [0.4, 0.5) is 5.69 Å². The predicted molar refractivity (Wildman–Crippen MR) is 55.0 cm³/mol. The van der Waals surface area contributed by atoms with E-state index in [1.165, 1.54) is 4.90 Å². The van der Waals surface area contributed by atoms with Crippen molar-refractivity contribution in [1.29, 1.82) is 0 Å². The molecule has 1 aromatic rings. The second kappa shape index (κ2) is 3.42. The van der Waals surface area contributed by atoms with Gasteiger partial charge < -0.3 is 5.32 Å². The number of anilines is 1. The second-order valence-electron chi connectivity index (χ2n) is 3.15. The molecule has 0 radical (unpaired) electrons. The first-order valence-corrected chi connectivity index (χ1v) is 5.15. The number of Topliss-reactive ketones (excluding diaryl/α,β-unsaturated/α-hetero) is 1. The summed E-state index contributed by atoms with van der Waals surface area (Å²) >= 11 is 1.73. The maximum Gasteiger partial charge on any atom is 0.132 e. The zero-order valence-electron chi connectivity index (χ0n) is 7.41. The van der Waals surface area contributed by atoms with Crippen molar-refractivity contribution >= 4 is 23.2 Å². The molecule has 1 unspecified atom stereocenters. The first-order chi connectivity index (χ1) is 6.25. The Labute approximate surface area is 81.7 Å².